The lowest BCUT2D eigenvalue weighted by atomic mass is 9.91. The highest BCUT2D eigenvalue weighted by atomic mass is 19.1. The summed E-state index contributed by atoms with van der Waals surface area (Å²) in [4.78, 5) is 0. The molecule has 1 aliphatic carbocycles. The van der Waals surface area contributed by atoms with Crippen LogP contribution in [0.25, 0.3) is 0 Å². The predicted octanol–water partition coefficient (Wildman–Crippen LogP) is 4.51. The van der Waals surface area contributed by atoms with Crippen LogP contribution in [0.5, 0.6) is 0 Å². The van der Waals surface area contributed by atoms with Crippen molar-refractivity contribution in [3.8, 4) is 0 Å². The average molecular weight is 265 g/mol. The van der Waals surface area contributed by atoms with Gasteiger partial charge in [0.1, 0.15) is 11.6 Å². The molecule has 19 heavy (non-hydrogen) atoms. The molecule has 0 saturated heterocycles. The summed E-state index contributed by atoms with van der Waals surface area (Å²) in [6.07, 6.45) is 7.48. The maximum atomic E-state index is 13.9. The minimum Gasteiger partial charge on any atom is -0.310 e. The number of hydrogen-bond donors (Lipinski definition) is 1. The van der Waals surface area contributed by atoms with Crippen molar-refractivity contribution in [2.75, 3.05) is 6.54 Å². The van der Waals surface area contributed by atoms with Gasteiger partial charge >= 0.3 is 0 Å². The maximum absolute atomic E-state index is 13.9. The molecule has 0 aliphatic heterocycles. The quantitative estimate of drug-likeness (QED) is 0.773. The topological polar surface area (TPSA) is 12.0 Å². The van der Waals surface area contributed by atoms with Crippen LogP contribution >= 0.6 is 0 Å². The van der Waals surface area contributed by atoms with Gasteiger partial charge in [-0.15, -0.1) is 0 Å². The number of allylic oxidation sites excluding steroid dienone is 1. The van der Waals surface area contributed by atoms with Crippen molar-refractivity contribution in [1.29, 1.82) is 0 Å². The van der Waals surface area contributed by atoms with Crippen molar-refractivity contribution in [3.63, 3.8) is 0 Å². The second-order valence-electron chi connectivity index (χ2n) is 5.06. The van der Waals surface area contributed by atoms with Crippen LogP contribution in [0.1, 0.15) is 50.6 Å². The average Bonchev–Trinajstić information content (AvgIpc) is 2.40. The molecule has 2 rings (SSSR count). The van der Waals surface area contributed by atoms with E-state index in [1.165, 1.54) is 36.6 Å². The van der Waals surface area contributed by atoms with Gasteiger partial charge in [-0.2, -0.15) is 0 Å². The van der Waals surface area contributed by atoms with Crippen LogP contribution in [-0.4, -0.2) is 6.54 Å². The molecule has 0 spiro atoms. The molecule has 3 heteroatoms. The molecule has 0 fully saturated rings. The number of halogens is 2. The van der Waals surface area contributed by atoms with Crippen LogP contribution in [0, 0.1) is 11.6 Å². The molecule has 1 unspecified atom stereocenters. The molecule has 0 saturated carbocycles. The third kappa shape index (κ3) is 3.63. The van der Waals surface area contributed by atoms with E-state index in [9.17, 15) is 8.78 Å². The Morgan fingerprint density at radius 2 is 1.95 bits per heavy atom. The van der Waals surface area contributed by atoms with Gasteiger partial charge < -0.3 is 5.32 Å². The van der Waals surface area contributed by atoms with Gasteiger partial charge in [0.25, 0.3) is 0 Å². The SMILES string of the molecule is CCNC(CC1=CCCCC1)c1c(F)cccc1F. The van der Waals surface area contributed by atoms with E-state index in [0.717, 1.165) is 12.8 Å². The lowest BCUT2D eigenvalue weighted by molar-refractivity contribution is 0.464. The first-order valence-corrected chi connectivity index (χ1v) is 7.07. The standard InChI is InChI=1S/C16H21F2N/c1-2-19-15(11-12-7-4-3-5-8-12)16-13(17)9-6-10-14(16)18/h6-7,9-10,15,19H,2-5,8,11H2,1H3. The fourth-order valence-corrected chi connectivity index (χ4v) is 2.72. The molecular weight excluding hydrogens is 244 g/mol. The Morgan fingerprint density at radius 3 is 2.53 bits per heavy atom. The molecule has 0 aromatic heterocycles. The van der Waals surface area contributed by atoms with Crippen molar-refractivity contribution in [2.24, 2.45) is 0 Å². The second-order valence-corrected chi connectivity index (χ2v) is 5.06. The van der Waals surface area contributed by atoms with Crippen LogP contribution < -0.4 is 5.32 Å². The van der Waals surface area contributed by atoms with Gasteiger partial charge in [-0.05, 0) is 50.8 Å². The zero-order chi connectivity index (χ0) is 13.7. The van der Waals surface area contributed by atoms with E-state index >= 15 is 0 Å². The number of rotatable bonds is 5. The molecule has 1 atom stereocenters. The molecule has 1 N–H and O–H groups in total. The third-order valence-corrected chi connectivity index (χ3v) is 3.65. The van der Waals surface area contributed by atoms with Gasteiger partial charge in [-0.25, -0.2) is 8.78 Å². The zero-order valence-corrected chi connectivity index (χ0v) is 11.4. The smallest absolute Gasteiger partial charge is 0.130 e. The summed E-state index contributed by atoms with van der Waals surface area (Å²) >= 11 is 0. The Bertz CT molecular complexity index is 434. The maximum Gasteiger partial charge on any atom is 0.130 e. The monoisotopic (exact) mass is 265 g/mol. The van der Waals surface area contributed by atoms with Crippen LogP contribution in [0.4, 0.5) is 8.78 Å². The van der Waals surface area contributed by atoms with Gasteiger partial charge in [-0.1, -0.05) is 24.6 Å². The molecule has 0 amide bonds. The first kappa shape index (κ1) is 14.2. The normalized spacial score (nSPS) is 17.1. The van der Waals surface area contributed by atoms with E-state index in [0.29, 0.717) is 13.0 Å². The Balaban J connectivity index is 2.21. The molecule has 0 bridgehead atoms. The minimum atomic E-state index is -0.456. The number of nitrogens with one attached hydrogen (secondary N) is 1. The van der Waals surface area contributed by atoms with E-state index in [4.69, 9.17) is 0 Å². The molecular formula is C16H21F2N. The van der Waals surface area contributed by atoms with E-state index < -0.39 is 11.6 Å². The molecule has 104 valence electrons. The van der Waals surface area contributed by atoms with E-state index in [2.05, 4.69) is 11.4 Å². The predicted molar refractivity (Wildman–Crippen MR) is 73.9 cm³/mol. The molecule has 1 aromatic carbocycles. The molecule has 1 aromatic rings. The summed E-state index contributed by atoms with van der Waals surface area (Å²) < 4.78 is 27.8. The Hall–Kier alpha value is -1.22. The summed E-state index contributed by atoms with van der Waals surface area (Å²) in [6.45, 7) is 2.66. The van der Waals surface area contributed by atoms with E-state index in [1.807, 2.05) is 6.92 Å². The Kier molecular flexibility index (Phi) is 5.08. The van der Waals surface area contributed by atoms with Gasteiger partial charge in [-0.3, -0.25) is 0 Å². The summed E-state index contributed by atoms with van der Waals surface area (Å²) in [5, 5.41) is 3.21. The van der Waals surface area contributed by atoms with Crippen LogP contribution in [0.15, 0.2) is 29.8 Å². The summed E-state index contributed by atoms with van der Waals surface area (Å²) in [5.74, 6) is -0.912. The zero-order valence-electron chi connectivity index (χ0n) is 11.4. The van der Waals surface area contributed by atoms with Gasteiger partial charge in [0.05, 0.1) is 0 Å². The van der Waals surface area contributed by atoms with Crippen LogP contribution in [0.2, 0.25) is 0 Å². The molecule has 1 aliphatic rings. The lowest BCUT2D eigenvalue weighted by Crippen LogP contribution is -2.24. The first-order valence-electron chi connectivity index (χ1n) is 7.07. The largest absolute Gasteiger partial charge is 0.310 e. The van der Waals surface area contributed by atoms with Crippen molar-refractivity contribution in [2.45, 2.75) is 45.1 Å². The molecule has 0 radical (unpaired) electrons. The lowest BCUT2D eigenvalue weighted by Gasteiger charge is -2.22. The fourth-order valence-electron chi connectivity index (χ4n) is 2.72. The van der Waals surface area contributed by atoms with Crippen LogP contribution in [-0.2, 0) is 0 Å². The Morgan fingerprint density at radius 1 is 1.21 bits per heavy atom. The highest BCUT2D eigenvalue weighted by Gasteiger charge is 2.20. The highest BCUT2D eigenvalue weighted by Crippen LogP contribution is 2.30. The summed E-state index contributed by atoms with van der Waals surface area (Å²) in [6, 6.07) is 3.81. The van der Waals surface area contributed by atoms with Crippen molar-refractivity contribution in [3.05, 3.63) is 47.0 Å². The summed E-state index contributed by atoms with van der Waals surface area (Å²) in [7, 11) is 0. The van der Waals surface area contributed by atoms with Crippen molar-refractivity contribution >= 4 is 0 Å². The van der Waals surface area contributed by atoms with Gasteiger partial charge in [0.2, 0.25) is 0 Å². The minimum absolute atomic E-state index is 0.177. The number of benzene rings is 1. The van der Waals surface area contributed by atoms with Gasteiger partial charge in [0, 0.05) is 11.6 Å². The first-order chi connectivity index (χ1) is 9.22. The Labute approximate surface area is 113 Å². The highest BCUT2D eigenvalue weighted by molar-refractivity contribution is 5.25. The van der Waals surface area contributed by atoms with Crippen molar-refractivity contribution < 1.29 is 8.78 Å². The van der Waals surface area contributed by atoms with E-state index in [1.54, 1.807) is 0 Å². The second kappa shape index (κ2) is 6.80. The third-order valence-electron chi connectivity index (χ3n) is 3.65. The van der Waals surface area contributed by atoms with Crippen LogP contribution in [0.3, 0.4) is 0 Å². The fraction of sp³-hybridized carbons (Fsp3) is 0.500. The van der Waals surface area contributed by atoms with Gasteiger partial charge in [0.15, 0.2) is 0 Å². The number of hydrogen-bond acceptors (Lipinski definition) is 1. The summed E-state index contributed by atoms with van der Waals surface area (Å²) in [5.41, 5.74) is 1.50. The van der Waals surface area contributed by atoms with E-state index in [-0.39, 0.29) is 11.6 Å². The molecule has 0 heterocycles. The molecule has 1 nitrogen and oxygen atoms in total. The van der Waals surface area contributed by atoms with Crippen molar-refractivity contribution in [1.82, 2.24) is 5.32 Å².